The Balaban J connectivity index is 2.71. The fraction of sp³-hybridized carbons (Fsp3) is 0.167. The highest BCUT2D eigenvalue weighted by atomic mass is 32.1. The van der Waals surface area contributed by atoms with Gasteiger partial charge in [0.1, 0.15) is 0 Å². The van der Waals surface area contributed by atoms with Crippen LogP contribution in [0.25, 0.3) is 0 Å². The molecule has 2 rings (SSSR count). The Morgan fingerprint density at radius 1 is 1.00 bits per heavy atom. The first-order valence-corrected chi connectivity index (χ1v) is 6.29. The van der Waals surface area contributed by atoms with E-state index in [1.54, 1.807) is 12.3 Å². The Hall–Kier alpha value is -1.51. The number of hydrazine groups is 1. The van der Waals surface area contributed by atoms with Crippen LogP contribution in [0.5, 0.6) is 0 Å². The van der Waals surface area contributed by atoms with E-state index in [-0.39, 0.29) is 0 Å². The van der Waals surface area contributed by atoms with Crippen LogP contribution in [0.3, 0.4) is 0 Å². The average molecular weight is 308 g/mol. The van der Waals surface area contributed by atoms with E-state index in [2.05, 4.69) is 5.43 Å². The van der Waals surface area contributed by atoms with Crippen molar-refractivity contribution in [3.8, 4) is 0 Å². The molecule has 0 saturated carbocycles. The molecular weight excluding hydrogens is 299 g/mol. The molecule has 0 bridgehead atoms. The van der Waals surface area contributed by atoms with E-state index in [9.17, 15) is 22.0 Å². The Morgan fingerprint density at radius 3 is 1.90 bits per heavy atom. The van der Waals surface area contributed by atoms with Gasteiger partial charge in [0.25, 0.3) is 0 Å². The number of rotatable bonds is 3. The van der Waals surface area contributed by atoms with Crippen LogP contribution < -0.4 is 11.3 Å². The van der Waals surface area contributed by atoms with Crippen molar-refractivity contribution < 1.29 is 22.0 Å². The number of halogens is 5. The van der Waals surface area contributed by atoms with Gasteiger partial charge in [-0.2, -0.15) is 0 Å². The molecule has 8 heteroatoms. The van der Waals surface area contributed by atoms with Crippen molar-refractivity contribution in [3.63, 3.8) is 0 Å². The van der Waals surface area contributed by atoms with Crippen molar-refractivity contribution in [2.45, 2.75) is 13.0 Å². The first-order chi connectivity index (χ1) is 9.40. The SMILES string of the molecule is Cc1sccc1C(NN)c1c(F)c(F)c(F)c(F)c1F. The molecule has 0 aliphatic heterocycles. The molecular formula is C12H9F5N2S. The molecule has 1 heterocycles. The number of aryl methyl sites for hydroxylation is 1. The van der Waals surface area contributed by atoms with Crippen LogP contribution in [0.15, 0.2) is 11.4 Å². The number of thiophene rings is 1. The molecule has 2 nitrogen and oxygen atoms in total. The van der Waals surface area contributed by atoms with Gasteiger partial charge in [-0.25, -0.2) is 27.4 Å². The lowest BCUT2D eigenvalue weighted by Gasteiger charge is -2.19. The topological polar surface area (TPSA) is 38.0 Å². The zero-order chi connectivity index (χ0) is 15.0. The average Bonchev–Trinajstić information content (AvgIpc) is 2.85. The van der Waals surface area contributed by atoms with E-state index < -0.39 is 40.7 Å². The van der Waals surface area contributed by atoms with Crippen LogP contribution in [-0.2, 0) is 0 Å². The lowest BCUT2D eigenvalue weighted by Crippen LogP contribution is -2.31. The smallest absolute Gasteiger partial charge is 0.200 e. The van der Waals surface area contributed by atoms with Crippen LogP contribution in [0, 0.1) is 36.0 Å². The lowest BCUT2D eigenvalue weighted by atomic mass is 9.98. The molecule has 2 aromatic rings. The summed E-state index contributed by atoms with van der Waals surface area (Å²) in [6, 6.07) is 0.175. The minimum Gasteiger partial charge on any atom is -0.271 e. The zero-order valence-corrected chi connectivity index (χ0v) is 10.9. The number of nitrogens with two attached hydrogens (primary N) is 1. The summed E-state index contributed by atoms with van der Waals surface area (Å²) in [4.78, 5) is 0.650. The summed E-state index contributed by atoms with van der Waals surface area (Å²) < 4.78 is 66.9. The highest BCUT2D eigenvalue weighted by molar-refractivity contribution is 7.10. The predicted molar refractivity (Wildman–Crippen MR) is 64.5 cm³/mol. The van der Waals surface area contributed by atoms with Crippen molar-refractivity contribution in [3.05, 3.63) is 56.5 Å². The van der Waals surface area contributed by atoms with Gasteiger partial charge in [-0.05, 0) is 23.9 Å². The van der Waals surface area contributed by atoms with Gasteiger partial charge < -0.3 is 0 Å². The standard InChI is InChI=1S/C12H9F5N2S/c1-4-5(2-3-20-4)12(19-18)6-7(13)9(15)11(17)10(16)8(6)14/h2-3,12,19H,18H2,1H3. The van der Waals surface area contributed by atoms with Crippen molar-refractivity contribution >= 4 is 11.3 Å². The molecule has 0 aliphatic rings. The van der Waals surface area contributed by atoms with E-state index in [1.165, 1.54) is 17.4 Å². The van der Waals surface area contributed by atoms with E-state index in [0.717, 1.165) is 0 Å². The number of benzene rings is 1. The largest absolute Gasteiger partial charge is 0.271 e. The zero-order valence-electron chi connectivity index (χ0n) is 10.1. The molecule has 0 radical (unpaired) electrons. The second-order valence-electron chi connectivity index (χ2n) is 4.02. The monoisotopic (exact) mass is 308 g/mol. The minimum absolute atomic E-state index is 0.348. The maximum Gasteiger partial charge on any atom is 0.200 e. The highest BCUT2D eigenvalue weighted by Gasteiger charge is 2.31. The second-order valence-corrected chi connectivity index (χ2v) is 5.14. The second kappa shape index (κ2) is 5.47. The summed E-state index contributed by atoms with van der Waals surface area (Å²) in [6.07, 6.45) is 0. The van der Waals surface area contributed by atoms with Crippen LogP contribution in [0.1, 0.15) is 22.0 Å². The number of hydrogen-bond donors (Lipinski definition) is 2. The molecule has 0 spiro atoms. The van der Waals surface area contributed by atoms with Gasteiger partial charge in [-0.3, -0.25) is 5.84 Å². The minimum atomic E-state index is -2.19. The van der Waals surface area contributed by atoms with Crippen molar-refractivity contribution in [1.29, 1.82) is 0 Å². The maximum absolute atomic E-state index is 13.8. The number of nitrogens with one attached hydrogen (secondary N) is 1. The molecule has 1 aromatic carbocycles. The van der Waals surface area contributed by atoms with E-state index in [4.69, 9.17) is 5.84 Å². The van der Waals surface area contributed by atoms with Gasteiger partial charge in [-0.1, -0.05) is 0 Å². The van der Waals surface area contributed by atoms with Crippen molar-refractivity contribution in [2.75, 3.05) is 0 Å². The Labute approximate surface area is 115 Å². The Kier molecular flexibility index (Phi) is 4.07. The van der Waals surface area contributed by atoms with Crippen LogP contribution in [0.4, 0.5) is 22.0 Å². The summed E-state index contributed by atoms with van der Waals surface area (Å²) in [5, 5.41) is 1.63. The summed E-state index contributed by atoms with van der Waals surface area (Å²) in [5.74, 6) is -4.74. The summed E-state index contributed by atoms with van der Waals surface area (Å²) >= 11 is 1.26. The molecule has 108 valence electrons. The quantitative estimate of drug-likeness (QED) is 0.300. The van der Waals surface area contributed by atoms with Gasteiger partial charge in [0.05, 0.1) is 11.6 Å². The molecule has 1 aromatic heterocycles. The molecule has 20 heavy (non-hydrogen) atoms. The Morgan fingerprint density at radius 2 is 1.50 bits per heavy atom. The summed E-state index contributed by atoms with van der Waals surface area (Å²) in [6.45, 7) is 1.65. The van der Waals surface area contributed by atoms with Gasteiger partial charge in [0.15, 0.2) is 23.3 Å². The molecule has 0 saturated heterocycles. The maximum atomic E-state index is 13.8. The van der Waals surface area contributed by atoms with Crippen molar-refractivity contribution in [1.82, 2.24) is 5.43 Å². The van der Waals surface area contributed by atoms with Crippen LogP contribution >= 0.6 is 11.3 Å². The third kappa shape index (κ3) is 2.19. The van der Waals surface area contributed by atoms with Gasteiger partial charge in [-0.15, -0.1) is 11.3 Å². The third-order valence-electron chi connectivity index (χ3n) is 2.91. The third-order valence-corrected chi connectivity index (χ3v) is 3.77. The first kappa shape index (κ1) is 14.9. The molecule has 1 unspecified atom stereocenters. The molecule has 1 atom stereocenters. The highest BCUT2D eigenvalue weighted by Crippen LogP contribution is 2.33. The van der Waals surface area contributed by atoms with Gasteiger partial charge in [0.2, 0.25) is 5.82 Å². The number of hydrogen-bond acceptors (Lipinski definition) is 3. The van der Waals surface area contributed by atoms with E-state index in [0.29, 0.717) is 10.4 Å². The molecule has 0 amide bonds. The summed E-state index contributed by atoms with van der Waals surface area (Å²) in [7, 11) is 0. The predicted octanol–water partition coefficient (Wildman–Crippen LogP) is 3.30. The lowest BCUT2D eigenvalue weighted by molar-refractivity contribution is 0.362. The first-order valence-electron chi connectivity index (χ1n) is 5.41. The molecule has 3 N–H and O–H groups in total. The fourth-order valence-electron chi connectivity index (χ4n) is 1.90. The Bertz CT molecular complexity index is 627. The van der Waals surface area contributed by atoms with E-state index >= 15 is 0 Å². The van der Waals surface area contributed by atoms with Crippen molar-refractivity contribution in [2.24, 2.45) is 5.84 Å². The van der Waals surface area contributed by atoms with E-state index in [1.807, 2.05) is 0 Å². The van der Waals surface area contributed by atoms with Crippen LogP contribution in [-0.4, -0.2) is 0 Å². The molecule has 0 aliphatic carbocycles. The van der Waals surface area contributed by atoms with Gasteiger partial charge in [0, 0.05) is 4.88 Å². The summed E-state index contributed by atoms with van der Waals surface area (Å²) in [5.41, 5.74) is 1.44. The molecule has 0 fully saturated rings. The van der Waals surface area contributed by atoms with Gasteiger partial charge >= 0.3 is 0 Å². The fourth-order valence-corrected chi connectivity index (χ4v) is 2.64. The van der Waals surface area contributed by atoms with Crippen LogP contribution in [0.2, 0.25) is 0 Å². The normalized spacial score (nSPS) is 12.8.